The van der Waals surface area contributed by atoms with E-state index in [-0.39, 0.29) is 6.04 Å². The van der Waals surface area contributed by atoms with Crippen molar-refractivity contribution < 1.29 is 13.3 Å². The second-order valence-corrected chi connectivity index (χ2v) is 6.26. The first-order valence-corrected chi connectivity index (χ1v) is 8.40. The molecule has 3 aromatic rings. The minimum Gasteiger partial charge on any atom is -0.338 e. The second-order valence-electron chi connectivity index (χ2n) is 6.26. The van der Waals surface area contributed by atoms with Crippen LogP contribution < -0.4 is 5.56 Å². The highest BCUT2D eigenvalue weighted by atomic mass is 19.3. The quantitative estimate of drug-likeness (QED) is 0.694. The van der Waals surface area contributed by atoms with Crippen molar-refractivity contribution in [2.75, 3.05) is 6.54 Å². The maximum Gasteiger partial charge on any atom is 0.261 e. The Morgan fingerprint density at radius 1 is 1.31 bits per heavy atom. The van der Waals surface area contributed by atoms with Crippen molar-refractivity contribution >= 4 is 10.9 Å². The van der Waals surface area contributed by atoms with Gasteiger partial charge in [0, 0.05) is 0 Å². The molecule has 3 heterocycles. The summed E-state index contributed by atoms with van der Waals surface area (Å²) >= 11 is 0. The van der Waals surface area contributed by atoms with Crippen LogP contribution in [0.5, 0.6) is 0 Å². The zero-order valence-electron chi connectivity index (χ0n) is 13.9. The third kappa shape index (κ3) is 3.10. The van der Waals surface area contributed by atoms with Crippen LogP contribution in [0.25, 0.3) is 10.9 Å². The Labute approximate surface area is 147 Å². The Bertz CT molecular complexity index is 957. The molecular formula is C17H17F2N5O2. The van der Waals surface area contributed by atoms with E-state index in [0.29, 0.717) is 29.2 Å². The maximum atomic E-state index is 13.1. The van der Waals surface area contributed by atoms with Crippen LogP contribution in [-0.4, -0.2) is 37.6 Å². The summed E-state index contributed by atoms with van der Waals surface area (Å²) in [6.07, 6.45) is 0.278. The fourth-order valence-electron chi connectivity index (χ4n) is 3.50. The fourth-order valence-corrected chi connectivity index (χ4v) is 3.50. The van der Waals surface area contributed by atoms with Crippen molar-refractivity contribution in [1.29, 1.82) is 0 Å². The molecule has 4 rings (SSSR count). The molecule has 0 bridgehead atoms. The predicted molar refractivity (Wildman–Crippen MR) is 88.7 cm³/mol. The largest absolute Gasteiger partial charge is 0.338 e. The number of hydrogen-bond donors (Lipinski definition) is 0. The van der Waals surface area contributed by atoms with Crippen molar-refractivity contribution in [3.8, 4) is 0 Å². The third-order valence-corrected chi connectivity index (χ3v) is 4.62. The van der Waals surface area contributed by atoms with Gasteiger partial charge in [-0.05, 0) is 31.5 Å². The van der Waals surface area contributed by atoms with Gasteiger partial charge >= 0.3 is 0 Å². The van der Waals surface area contributed by atoms with Gasteiger partial charge in [0.25, 0.3) is 12.0 Å². The van der Waals surface area contributed by atoms with Gasteiger partial charge in [0.15, 0.2) is 6.33 Å². The predicted octanol–water partition coefficient (Wildman–Crippen LogP) is 2.38. The number of para-hydroxylation sites is 1. The second kappa shape index (κ2) is 6.91. The van der Waals surface area contributed by atoms with Crippen LogP contribution in [0, 0.1) is 0 Å². The number of rotatable bonds is 5. The van der Waals surface area contributed by atoms with Gasteiger partial charge in [0.1, 0.15) is 5.82 Å². The summed E-state index contributed by atoms with van der Waals surface area (Å²) in [4.78, 5) is 23.4. The highest BCUT2D eigenvalue weighted by molar-refractivity contribution is 5.77. The van der Waals surface area contributed by atoms with Crippen molar-refractivity contribution in [1.82, 2.24) is 24.6 Å². The molecule has 1 fully saturated rings. The van der Waals surface area contributed by atoms with Crippen molar-refractivity contribution in [2.45, 2.75) is 38.4 Å². The molecule has 1 atom stereocenters. The number of aromatic nitrogens is 4. The molecule has 1 aliphatic rings. The van der Waals surface area contributed by atoms with Gasteiger partial charge in [-0.1, -0.05) is 17.3 Å². The SMILES string of the molecule is O=c1c2ccccc2nc(C2CCCN2Cc2ncno2)n1CC(F)F. The molecule has 1 aliphatic heterocycles. The molecule has 26 heavy (non-hydrogen) atoms. The first-order chi connectivity index (χ1) is 12.6. The Balaban J connectivity index is 1.79. The van der Waals surface area contributed by atoms with Crippen LogP contribution in [-0.2, 0) is 13.1 Å². The zero-order chi connectivity index (χ0) is 18.1. The molecule has 2 aromatic heterocycles. The molecule has 1 aromatic carbocycles. The summed E-state index contributed by atoms with van der Waals surface area (Å²) < 4.78 is 32.4. The van der Waals surface area contributed by atoms with Crippen molar-refractivity contribution in [3.05, 3.63) is 52.7 Å². The summed E-state index contributed by atoms with van der Waals surface area (Å²) in [5, 5.41) is 3.94. The zero-order valence-corrected chi connectivity index (χ0v) is 13.9. The van der Waals surface area contributed by atoms with Gasteiger partial charge in [-0.15, -0.1) is 0 Å². The number of likely N-dealkylation sites (tertiary alicyclic amines) is 1. The van der Waals surface area contributed by atoms with E-state index in [1.165, 1.54) is 6.33 Å². The Kier molecular flexibility index (Phi) is 4.46. The Morgan fingerprint density at radius 3 is 2.92 bits per heavy atom. The summed E-state index contributed by atoms with van der Waals surface area (Å²) in [6, 6.07) is 6.57. The van der Waals surface area contributed by atoms with Gasteiger partial charge in [-0.2, -0.15) is 4.98 Å². The standard InChI is InChI=1S/C17H17F2N5O2/c18-14(19)8-24-16(22-12-5-2-1-4-11(12)17(24)25)13-6-3-7-23(13)9-15-20-10-21-26-15/h1-2,4-5,10,13-14H,3,6-9H2. The van der Waals surface area contributed by atoms with Gasteiger partial charge < -0.3 is 4.52 Å². The highest BCUT2D eigenvalue weighted by Gasteiger charge is 2.32. The molecule has 136 valence electrons. The lowest BCUT2D eigenvalue weighted by molar-refractivity contribution is 0.119. The molecule has 0 radical (unpaired) electrons. The molecule has 1 saturated heterocycles. The number of benzene rings is 1. The Hall–Kier alpha value is -2.68. The van der Waals surface area contributed by atoms with Crippen LogP contribution in [0.4, 0.5) is 8.78 Å². The molecule has 9 heteroatoms. The van der Waals surface area contributed by atoms with Crippen LogP contribution in [0.3, 0.4) is 0 Å². The molecule has 0 saturated carbocycles. The molecule has 7 nitrogen and oxygen atoms in total. The minimum absolute atomic E-state index is 0.252. The van der Waals surface area contributed by atoms with E-state index in [1.54, 1.807) is 24.3 Å². The van der Waals surface area contributed by atoms with E-state index >= 15 is 0 Å². The lowest BCUT2D eigenvalue weighted by Crippen LogP contribution is -2.33. The van der Waals surface area contributed by atoms with E-state index in [2.05, 4.69) is 15.1 Å². The lowest BCUT2D eigenvalue weighted by atomic mass is 10.1. The van der Waals surface area contributed by atoms with E-state index in [0.717, 1.165) is 24.0 Å². The van der Waals surface area contributed by atoms with Crippen LogP contribution in [0.1, 0.15) is 30.6 Å². The number of fused-ring (bicyclic) bond motifs is 1. The molecular weight excluding hydrogens is 344 g/mol. The summed E-state index contributed by atoms with van der Waals surface area (Å²) in [6.45, 7) is 0.462. The number of hydrogen-bond acceptors (Lipinski definition) is 6. The molecule has 0 spiro atoms. The summed E-state index contributed by atoms with van der Waals surface area (Å²) in [5.74, 6) is 0.812. The van der Waals surface area contributed by atoms with Crippen LogP contribution in [0.2, 0.25) is 0 Å². The average molecular weight is 361 g/mol. The van der Waals surface area contributed by atoms with Crippen LogP contribution >= 0.6 is 0 Å². The average Bonchev–Trinajstić information content (AvgIpc) is 3.29. The fraction of sp³-hybridized carbons (Fsp3) is 0.412. The normalized spacial score (nSPS) is 18.2. The minimum atomic E-state index is -2.64. The highest BCUT2D eigenvalue weighted by Crippen LogP contribution is 2.32. The lowest BCUT2D eigenvalue weighted by Gasteiger charge is -2.25. The van der Waals surface area contributed by atoms with Gasteiger partial charge in [0.2, 0.25) is 5.89 Å². The summed E-state index contributed by atoms with van der Waals surface area (Å²) in [5.41, 5.74) is 0.0817. The molecule has 0 amide bonds. The van der Waals surface area contributed by atoms with Crippen molar-refractivity contribution in [2.24, 2.45) is 0 Å². The smallest absolute Gasteiger partial charge is 0.261 e. The Morgan fingerprint density at radius 2 is 2.15 bits per heavy atom. The van der Waals surface area contributed by atoms with E-state index in [9.17, 15) is 13.6 Å². The number of alkyl halides is 2. The van der Waals surface area contributed by atoms with Crippen molar-refractivity contribution in [3.63, 3.8) is 0 Å². The van der Waals surface area contributed by atoms with Gasteiger partial charge in [-0.25, -0.2) is 13.8 Å². The topological polar surface area (TPSA) is 77.1 Å². The van der Waals surface area contributed by atoms with Crippen LogP contribution in [0.15, 0.2) is 39.9 Å². The van der Waals surface area contributed by atoms with E-state index in [1.807, 2.05) is 4.90 Å². The third-order valence-electron chi connectivity index (χ3n) is 4.62. The van der Waals surface area contributed by atoms with E-state index < -0.39 is 18.5 Å². The molecule has 0 aliphatic carbocycles. The van der Waals surface area contributed by atoms with Gasteiger partial charge in [-0.3, -0.25) is 14.3 Å². The maximum absolute atomic E-state index is 13.1. The number of nitrogens with zero attached hydrogens (tertiary/aromatic N) is 5. The monoisotopic (exact) mass is 361 g/mol. The summed E-state index contributed by atoms with van der Waals surface area (Å²) in [7, 11) is 0. The first kappa shape index (κ1) is 16.8. The van der Waals surface area contributed by atoms with E-state index in [4.69, 9.17) is 4.52 Å². The molecule has 0 N–H and O–H groups in total. The van der Waals surface area contributed by atoms with Gasteiger partial charge in [0.05, 0.1) is 30.0 Å². The first-order valence-electron chi connectivity index (χ1n) is 8.40. The molecule has 1 unspecified atom stereocenters. The number of halogens is 2.